The molecule has 0 heterocycles. The first kappa shape index (κ1) is 8.70. The van der Waals surface area contributed by atoms with E-state index in [2.05, 4.69) is 26.0 Å². The van der Waals surface area contributed by atoms with Gasteiger partial charge in [-0.2, -0.15) is 0 Å². The van der Waals surface area contributed by atoms with Gasteiger partial charge in [0.25, 0.3) is 0 Å². The Morgan fingerprint density at radius 2 is 2.22 bits per heavy atom. The normalized spacial score (nSPS) is 14.6. The Labute approximate surface area is 57.9 Å². The average molecular weight is 127 g/mol. The largest absolute Gasteiger partial charge is 0.330 e. The predicted octanol–water partition coefficient (Wildman–Crippen LogP) is 1.94. The molecule has 0 amide bonds. The molecule has 0 fully saturated rings. The van der Waals surface area contributed by atoms with E-state index < -0.39 is 0 Å². The van der Waals surface area contributed by atoms with E-state index in [-0.39, 0.29) is 0 Å². The summed E-state index contributed by atoms with van der Waals surface area (Å²) in [5.74, 6) is 0.707. The molecule has 0 aromatic rings. The van der Waals surface area contributed by atoms with Crippen molar-refractivity contribution in [2.75, 3.05) is 6.54 Å². The molecule has 1 heteroatoms. The van der Waals surface area contributed by atoms with E-state index >= 15 is 0 Å². The van der Waals surface area contributed by atoms with E-state index in [1.807, 2.05) is 0 Å². The van der Waals surface area contributed by atoms with Gasteiger partial charge >= 0.3 is 0 Å². The van der Waals surface area contributed by atoms with Crippen LogP contribution < -0.4 is 5.73 Å². The molecule has 0 spiro atoms. The van der Waals surface area contributed by atoms with Crippen molar-refractivity contribution in [3.05, 3.63) is 12.2 Å². The minimum absolute atomic E-state index is 0.707. The van der Waals surface area contributed by atoms with Crippen molar-refractivity contribution in [1.29, 1.82) is 0 Å². The lowest BCUT2D eigenvalue weighted by atomic mass is 10.1. The van der Waals surface area contributed by atoms with Crippen LogP contribution in [-0.4, -0.2) is 6.54 Å². The van der Waals surface area contributed by atoms with Gasteiger partial charge in [0.1, 0.15) is 0 Å². The van der Waals surface area contributed by atoms with Crippen molar-refractivity contribution in [3.8, 4) is 0 Å². The van der Waals surface area contributed by atoms with Crippen molar-refractivity contribution in [3.63, 3.8) is 0 Å². The second-order valence-corrected chi connectivity index (χ2v) is 2.43. The molecule has 54 valence electrons. The molecule has 0 bridgehead atoms. The second-order valence-electron chi connectivity index (χ2n) is 2.43. The Hall–Kier alpha value is -0.300. The molecular formula is C8H17N. The number of nitrogens with two attached hydrogens (primary N) is 1. The van der Waals surface area contributed by atoms with E-state index in [9.17, 15) is 0 Å². The molecule has 9 heavy (non-hydrogen) atoms. The maximum atomic E-state index is 5.35. The summed E-state index contributed by atoms with van der Waals surface area (Å²) >= 11 is 0. The molecule has 0 aliphatic heterocycles. The van der Waals surface area contributed by atoms with Gasteiger partial charge in [0.05, 0.1) is 0 Å². The molecule has 1 unspecified atom stereocenters. The predicted molar refractivity (Wildman–Crippen MR) is 42.3 cm³/mol. The Balaban J connectivity index is 3.15. The van der Waals surface area contributed by atoms with Crippen LogP contribution in [0.1, 0.15) is 26.7 Å². The van der Waals surface area contributed by atoms with Crippen molar-refractivity contribution in [2.45, 2.75) is 26.7 Å². The highest BCUT2D eigenvalue weighted by Crippen LogP contribution is 2.04. The summed E-state index contributed by atoms with van der Waals surface area (Å²) < 4.78 is 0. The van der Waals surface area contributed by atoms with Gasteiger partial charge in [0.2, 0.25) is 0 Å². The summed E-state index contributed by atoms with van der Waals surface area (Å²) in [6.45, 7) is 5.09. The molecule has 0 rings (SSSR count). The molecule has 1 atom stereocenters. The average Bonchev–Trinajstić information content (AvgIpc) is 1.85. The van der Waals surface area contributed by atoms with Crippen LogP contribution in [0.3, 0.4) is 0 Å². The SMILES string of the molecule is C/C=C/C(C)CCCN. The number of rotatable bonds is 4. The molecule has 0 saturated heterocycles. The van der Waals surface area contributed by atoms with Crippen LogP contribution >= 0.6 is 0 Å². The fraction of sp³-hybridized carbons (Fsp3) is 0.750. The molecule has 0 radical (unpaired) electrons. The molecule has 0 saturated carbocycles. The van der Waals surface area contributed by atoms with Crippen LogP contribution in [0.4, 0.5) is 0 Å². The molecule has 1 nitrogen and oxygen atoms in total. The topological polar surface area (TPSA) is 26.0 Å². The third-order valence-corrected chi connectivity index (χ3v) is 1.38. The van der Waals surface area contributed by atoms with Crippen LogP contribution in [0.15, 0.2) is 12.2 Å². The molecular weight excluding hydrogens is 110 g/mol. The van der Waals surface area contributed by atoms with Gasteiger partial charge in [-0.15, -0.1) is 0 Å². The summed E-state index contributed by atoms with van der Waals surface area (Å²) in [7, 11) is 0. The maximum absolute atomic E-state index is 5.35. The van der Waals surface area contributed by atoms with Gasteiger partial charge in [-0.3, -0.25) is 0 Å². The van der Waals surface area contributed by atoms with E-state index in [0.29, 0.717) is 5.92 Å². The van der Waals surface area contributed by atoms with Gasteiger partial charge in [-0.25, -0.2) is 0 Å². The van der Waals surface area contributed by atoms with Gasteiger partial charge < -0.3 is 5.73 Å². The van der Waals surface area contributed by atoms with E-state index in [1.54, 1.807) is 0 Å². The van der Waals surface area contributed by atoms with Gasteiger partial charge in [0, 0.05) is 0 Å². The first-order chi connectivity index (χ1) is 4.31. The standard InChI is InChI=1S/C8H17N/c1-3-5-8(2)6-4-7-9/h3,5,8H,4,6-7,9H2,1-2H3/b5-3+. The highest BCUT2D eigenvalue weighted by atomic mass is 14.5. The van der Waals surface area contributed by atoms with E-state index in [0.717, 1.165) is 13.0 Å². The van der Waals surface area contributed by atoms with Crippen molar-refractivity contribution < 1.29 is 0 Å². The smallest absolute Gasteiger partial charge is 0.00771 e. The highest BCUT2D eigenvalue weighted by molar-refractivity contribution is 4.82. The first-order valence-corrected chi connectivity index (χ1v) is 3.64. The van der Waals surface area contributed by atoms with Crippen LogP contribution in [0.2, 0.25) is 0 Å². The Morgan fingerprint density at radius 1 is 1.56 bits per heavy atom. The summed E-state index contributed by atoms with van der Waals surface area (Å²) in [6, 6.07) is 0. The minimum atomic E-state index is 0.707. The summed E-state index contributed by atoms with van der Waals surface area (Å²) in [5, 5.41) is 0. The number of hydrogen-bond donors (Lipinski definition) is 1. The highest BCUT2D eigenvalue weighted by Gasteiger charge is 1.92. The van der Waals surface area contributed by atoms with Crippen molar-refractivity contribution in [1.82, 2.24) is 0 Å². The molecule has 2 N–H and O–H groups in total. The van der Waals surface area contributed by atoms with Gasteiger partial charge in [-0.05, 0) is 32.2 Å². The maximum Gasteiger partial charge on any atom is -0.00771 e. The van der Waals surface area contributed by atoms with Crippen molar-refractivity contribution in [2.24, 2.45) is 11.7 Å². The number of allylic oxidation sites excluding steroid dienone is 2. The van der Waals surface area contributed by atoms with E-state index in [1.165, 1.54) is 6.42 Å². The quantitative estimate of drug-likeness (QED) is 0.574. The molecule has 0 aliphatic rings. The zero-order chi connectivity index (χ0) is 7.11. The molecule has 0 aromatic heterocycles. The second kappa shape index (κ2) is 5.83. The van der Waals surface area contributed by atoms with Crippen LogP contribution in [0, 0.1) is 5.92 Å². The summed E-state index contributed by atoms with van der Waals surface area (Å²) in [4.78, 5) is 0. The van der Waals surface area contributed by atoms with Crippen molar-refractivity contribution >= 4 is 0 Å². The zero-order valence-corrected chi connectivity index (χ0v) is 6.43. The lowest BCUT2D eigenvalue weighted by molar-refractivity contribution is 0.612. The summed E-state index contributed by atoms with van der Waals surface area (Å²) in [5.41, 5.74) is 5.35. The van der Waals surface area contributed by atoms with Crippen LogP contribution in [0.25, 0.3) is 0 Å². The molecule has 0 aliphatic carbocycles. The summed E-state index contributed by atoms with van der Waals surface area (Å²) in [6.07, 6.45) is 6.68. The lowest BCUT2D eigenvalue weighted by Gasteiger charge is -2.02. The lowest BCUT2D eigenvalue weighted by Crippen LogP contribution is -2.00. The van der Waals surface area contributed by atoms with Crippen LogP contribution in [0.5, 0.6) is 0 Å². The third-order valence-electron chi connectivity index (χ3n) is 1.38. The van der Waals surface area contributed by atoms with Gasteiger partial charge in [-0.1, -0.05) is 19.1 Å². The van der Waals surface area contributed by atoms with Crippen LogP contribution in [-0.2, 0) is 0 Å². The fourth-order valence-electron chi connectivity index (χ4n) is 0.865. The third kappa shape index (κ3) is 5.57. The Morgan fingerprint density at radius 3 is 2.67 bits per heavy atom. The number of hydrogen-bond acceptors (Lipinski definition) is 1. The zero-order valence-electron chi connectivity index (χ0n) is 6.43. The Kier molecular flexibility index (Phi) is 5.64. The molecule has 0 aromatic carbocycles. The Bertz CT molecular complexity index is 76.6. The van der Waals surface area contributed by atoms with E-state index in [4.69, 9.17) is 5.73 Å². The minimum Gasteiger partial charge on any atom is -0.330 e. The monoisotopic (exact) mass is 127 g/mol. The van der Waals surface area contributed by atoms with Gasteiger partial charge in [0.15, 0.2) is 0 Å². The first-order valence-electron chi connectivity index (χ1n) is 3.64. The fourth-order valence-corrected chi connectivity index (χ4v) is 0.865.